The summed E-state index contributed by atoms with van der Waals surface area (Å²) in [6, 6.07) is 9.27. The van der Waals surface area contributed by atoms with Crippen molar-refractivity contribution in [3.8, 4) is 0 Å². The molecule has 0 fully saturated rings. The number of nitrogens with one attached hydrogen (secondary N) is 1. The summed E-state index contributed by atoms with van der Waals surface area (Å²) in [5, 5.41) is 7.00. The molecule has 0 amide bonds. The molecular formula is C13H17NS. The van der Waals surface area contributed by atoms with E-state index in [1.807, 2.05) is 0 Å². The minimum Gasteiger partial charge on any atom is -0.382 e. The molecule has 0 aliphatic rings. The van der Waals surface area contributed by atoms with Gasteiger partial charge < -0.3 is 5.32 Å². The number of anilines is 1. The Labute approximate surface area is 95.1 Å². The molecule has 1 N–H and O–H groups in total. The van der Waals surface area contributed by atoms with Gasteiger partial charge in [-0.25, -0.2) is 0 Å². The lowest BCUT2D eigenvalue weighted by atomic mass is 10.1. The Morgan fingerprint density at radius 3 is 2.67 bits per heavy atom. The van der Waals surface area contributed by atoms with Crippen molar-refractivity contribution in [2.24, 2.45) is 5.92 Å². The molecule has 2 aromatic rings. The lowest BCUT2D eigenvalue weighted by molar-refractivity contribution is 0.560. The monoisotopic (exact) mass is 219 g/mol. The highest BCUT2D eigenvalue weighted by Crippen LogP contribution is 2.24. The maximum absolute atomic E-state index is 3.53. The minimum absolute atomic E-state index is 0.515. The van der Waals surface area contributed by atoms with Gasteiger partial charge in [-0.3, -0.25) is 0 Å². The zero-order valence-corrected chi connectivity index (χ0v) is 10.3. The first kappa shape index (κ1) is 10.5. The number of hydrogen-bond acceptors (Lipinski definition) is 2. The van der Waals surface area contributed by atoms with Gasteiger partial charge in [0.25, 0.3) is 0 Å². The summed E-state index contributed by atoms with van der Waals surface area (Å²) in [6.45, 7) is 6.70. The average Bonchev–Trinajstić information content (AvgIpc) is 2.64. The van der Waals surface area contributed by atoms with Crippen LogP contribution in [0.3, 0.4) is 0 Å². The second kappa shape index (κ2) is 4.23. The lowest BCUT2D eigenvalue weighted by Crippen LogP contribution is -2.21. The van der Waals surface area contributed by atoms with E-state index in [0.29, 0.717) is 12.0 Å². The van der Waals surface area contributed by atoms with E-state index in [0.717, 1.165) is 0 Å². The molecule has 0 saturated heterocycles. The van der Waals surface area contributed by atoms with E-state index in [4.69, 9.17) is 0 Å². The third-order valence-electron chi connectivity index (χ3n) is 2.85. The Morgan fingerprint density at radius 2 is 1.93 bits per heavy atom. The molecule has 80 valence electrons. The summed E-state index contributed by atoms with van der Waals surface area (Å²) < 4.78 is 1.36. The molecule has 0 saturated carbocycles. The first-order chi connectivity index (χ1) is 7.16. The van der Waals surface area contributed by atoms with E-state index < -0.39 is 0 Å². The molecule has 1 aromatic carbocycles. The molecule has 0 spiro atoms. The molecule has 1 nitrogen and oxygen atoms in total. The van der Waals surface area contributed by atoms with Crippen molar-refractivity contribution in [1.29, 1.82) is 0 Å². The number of rotatable bonds is 3. The van der Waals surface area contributed by atoms with Gasteiger partial charge in [-0.1, -0.05) is 13.8 Å². The van der Waals surface area contributed by atoms with Crippen molar-refractivity contribution in [3.05, 3.63) is 29.6 Å². The van der Waals surface area contributed by atoms with Crippen molar-refractivity contribution in [2.45, 2.75) is 26.8 Å². The zero-order chi connectivity index (χ0) is 10.8. The topological polar surface area (TPSA) is 12.0 Å². The minimum atomic E-state index is 0.515. The molecule has 1 heterocycles. The highest BCUT2D eigenvalue weighted by Gasteiger charge is 2.06. The van der Waals surface area contributed by atoms with Gasteiger partial charge in [-0.05, 0) is 47.9 Å². The molecular weight excluding hydrogens is 202 g/mol. The summed E-state index contributed by atoms with van der Waals surface area (Å²) in [4.78, 5) is 0. The molecule has 0 aliphatic carbocycles. The van der Waals surface area contributed by atoms with Crippen molar-refractivity contribution >= 4 is 27.1 Å². The molecule has 0 aliphatic heterocycles. The predicted octanol–water partition coefficient (Wildman–Crippen LogP) is 4.36. The van der Waals surface area contributed by atoms with E-state index in [1.165, 1.54) is 15.8 Å². The van der Waals surface area contributed by atoms with E-state index in [9.17, 15) is 0 Å². The number of benzene rings is 1. The first-order valence-electron chi connectivity index (χ1n) is 5.40. The second-order valence-electron chi connectivity index (χ2n) is 4.35. The van der Waals surface area contributed by atoms with E-state index in [1.54, 1.807) is 11.3 Å². The first-order valence-corrected chi connectivity index (χ1v) is 6.28. The summed E-state index contributed by atoms with van der Waals surface area (Å²) in [5.41, 5.74) is 1.22. The van der Waals surface area contributed by atoms with Gasteiger partial charge in [0.1, 0.15) is 0 Å². The van der Waals surface area contributed by atoms with Gasteiger partial charge >= 0.3 is 0 Å². The van der Waals surface area contributed by atoms with Gasteiger partial charge in [-0.2, -0.15) is 0 Å². The predicted molar refractivity (Wildman–Crippen MR) is 69.7 cm³/mol. The van der Waals surface area contributed by atoms with Crippen LogP contribution in [0, 0.1) is 5.92 Å². The molecule has 1 unspecified atom stereocenters. The van der Waals surface area contributed by atoms with Crippen LogP contribution >= 0.6 is 11.3 Å². The molecule has 0 bridgehead atoms. The summed E-state index contributed by atoms with van der Waals surface area (Å²) >= 11 is 1.79. The van der Waals surface area contributed by atoms with Crippen molar-refractivity contribution in [3.63, 3.8) is 0 Å². The van der Waals surface area contributed by atoms with Crippen LogP contribution in [0.15, 0.2) is 29.6 Å². The molecule has 1 aromatic heterocycles. The smallest absolute Gasteiger partial charge is 0.0349 e. The van der Waals surface area contributed by atoms with E-state index in [2.05, 4.69) is 55.7 Å². The number of thiophene rings is 1. The molecule has 2 heteroatoms. The third-order valence-corrected chi connectivity index (χ3v) is 3.74. The van der Waals surface area contributed by atoms with Crippen molar-refractivity contribution in [2.75, 3.05) is 5.32 Å². The maximum atomic E-state index is 3.53. The Balaban J connectivity index is 2.21. The van der Waals surface area contributed by atoms with Crippen LogP contribution in [0.25, 0.3) is 10.1 Å². The Morgan fingerprint density at radius 1 is 1.13 bits per heavy atom. The number of fused-ring (bicyclic) bond motifs is 1. The van der Waals surface area contributed by atoms with Crippen LogP contribution in [0.2, 0.25) is 0 Å². The third kappa shape index (κ3) is 2.32. The summed E-state index contributed by atoms with van der Waals surface area (Å²) in [7, 11) is 0. The average molecular weight is 219 g/mol. The fourth-order valence-electron chi connectivity index (χ4n) is 1.49. The van der Waals surface area contributed by atoms with Crippen LogP contribution < -0.4 is 5.32 Å². The van der Waals surface area contributed by atoms with Gasteiger partial charge in [0.15, 0.2) is 0 Å². The summed E-state index contributed by atoms with van der Waals surface area (Å²) in [5.74, 6) is 0.656. The van der Waals surface area contributed by atoms with Crippen LogP contribution in [0.4, 0.5) is 5.69 Å². The molecule has 2 rings (SSSR count). The molecule has 0 radical (unpaired) electrons. The van der Waals surface area contributed by atoms with Crippen molar-refractivity contribution in [1.82, 2.24) is 0 Å². The summed E-state index contributed by atoms with van der Waals surface area (Å²) in [6.07, 6.45) is 0. The standard InChI is InChI=1S/C13H17NS/c1-9(2)10(3)14-12-4-5-13-11(8-12)6-7-15-13/h4-10,14H,1-3H3. The van der Waals surface area contributed by atoms with E-state index in [-0.39, 0.29) is 0 Å². The second-order valence-corrected chi connectivity index (χ2v) is 5.30. The maximum Gasteiger partial charge on any atom is 0.0349 e. The Bertz CT molecular complexity index is 444. The van der Waals surface area contributed by atoms with Crippen molar-refractivity contribution < 1.29 is 0 Å². The fraction of sp³-hybridized carbons (Fsp3) is 0.385. The SMILES string of the molecule is CC(C)C(C)Nc1ccc2sccc2c1. The van der Waals surface area contributed by atoms with Crippen LogP contribution in [0.5, 0.6) is 0 Å². The van der Waals surface area contributed by atoms with Crippen LogP contribution in [0.1, 0.15) is 20.8 Å². The molecule has 1 atom stereocenters. The molecule has 15 heavy (non-hydrogen) atoms. The van der Waals surface area contributed by atoms with Crippen LogP contribution in [-0.2, 0) is 0 Å². The fourth-order valence-corrected chi connectivity index (χ4v) is 2.26. The van der Waals surface area contributed by atoms with E-state index >= 15 is 0 Å². The quantitative estimate of drug-likeness (QED) is 0.809. The van der Waals surface area contributed by atoms with Gasteiger partial charge in [0.2, 0.25) is 0 Å². The van der Waals surface area contributed by atoms with Gasteiger partial charge in [0, 0.05) is 16.4 Å². The largest absolute Gasteiger partial charge is 0.382 e. The normalized spacial score (nSPS) is 13.3. The Kier molecular flexibility index (Phi) is 2.96. The highest BCUT2D eigenvalue weighted by molar-refractivity contribution is 7.17. The van der Waals surface area contributed by atoms with Crippen LogP contribution in [-0.4, -0.2) is 6.04 Å². The number of hydrogen-bond donors (Lipinski definition) is 1. The van der Waals surface area contributed by atoms with Gasteiger partial charge in [0.05, 0.1) is 0 Å². The zero-order valence-electron chi connectivity index (χ0n) is 9.45. The van der Waals surface area contributed by atoms with Gasteiger partial charge in [-0.15, -0.1) is 11.3 Å². The highest BCUT2D eigenvalue weighted by atomic mass is 32.1. The Hall–Kier alpha value is -1.02. The lowest BCUT2D eigenvalue weighted by Gasteiger charge is -2.18.